The van der Waals surface area contributed by atoms with E-state index in [1.165, 1.54) is 31.0 Å². The minimum absolute atomic E-state index is 0.204. The average molecular weight is 373 g/mol. The van der Waals surface area contributed by atoms with Crippen LogP contribution in [0.25, 0.3) is 11.4 Å². The van der Waals surface area contributed by atoms with Gasteiger partial charge in [-0.05, 0) is 29.8 Å². The van der Waals surface area contributed by atoms with Crippen LogP contribution in [0.3, 0.4) is 0 Å². The molecular weight excluding hydrogens is 356 g/mol. The van der Waals surface area contributed by atoms with Crippen LogP contribution < -0.4 is 4.74 Å². The van der Waals surface area contributed by atoms with Gasteiger partial charge in [-0.2, -0.15) is 0 Å². The normalized spacial score (nSPS) is 10.7. The molecule has 0 unspecified atom stereocenters. The van der Waals surface area contributed by atoms with Gasteiger partial charge >= 0.3 is 0 Å². The van der Waals surface area contributed by atoms with Gasteiger partial charge in [-0.3, -0.25) is 4.57 Å². The molecule has 0 N–H and O–H groups in total. The molecule has 0 aliphatic rings. The maximum Gasteiger partial charge on any atom is 0.192 e. The summed E-state index contributed by atoms with van der Waals surface area (Å²) in [7, 11) is 1.43. The molecule has 4 nitrogen and oxygen atoms in total. The van der Waals surface area contributed by atoms with E-state index < -0.39 is 5.82 Å². The van der Waals surface area contributed by atoms with E-state index >= 15 is 0 Å². The number of hydrogen-bond acceptors (Lipinski definition) is 4. The van der Waals surface area contributed by atoms with Crippen molar-refractivity contribution in [2.75, 3.05) is 7.11 Å². The summed E-state index contributed by atoms with van der Waals surface area (Å²) in [5.74, 6) is 0.360. The van der Waals surface area contributed by atoms with Crippen LogP contribution >= 0.6 is 11.8 Å². The number of thioether (sulfide) groups is 1. The molecule has 26 heavy (non-hydrogen) atoms. The third-order valence-corrected chi connectivity index (χ3v) is 4.77. The average Bonchev–Trinajstić information content (AvgIpc) is 3.03. The van der Waals surface area contributed by atoms with Crippen molar-refractivity contribution >= 4 is 11.8 Å². The highest BCUT2D eigenvalue weighted by atomic mass is 32.2. The van der Waals surface area contributed by atoms with Gasteiger partial charge in [-0.25, -0.2) is 8.78 Å². The van der Waals surface area contributed by atoms with E-state index in [2.05, 4.69) is 16.8 Å². The van der Waals surface area contributed by atoms with Gasteiger partial charge in [0.05, 0.1) is 12.7 Å². The number of rotatable bonds is 7. The van der Waals surface area contributed by atoms with Crippen molar-refractivity contribution in [3.05, 3.63) is 72.3 Å². The second kappa shape index (κ2) is 8.14. The Morgan fingerprint density at radius 2 is 1.96 bits per heavy atom. The van der Waals surface area contributed by atoms with Gasteiger partial charge in [-0.15, -0.1) is 16.8 Å². The topological polar surface area (TPSA) is 39.9 Å². The Morgan fingerprint density at radius 1 is 1.15 bits per heavy atom. The van der Waals surface area contributed by atoms with Crippen molar-refractivity contribution in [3.8, 4) is 17.1 Å². The zero-order valence-corrected chi connectivity index (χ0v) is 15.0. The first kappa shape index (κ1) is 18.1. The van der Waals surface area contributed by atoms with E-state index in [0.717, 1.165) is 5.56 Å². The van der Waals surface area contributed by atoms with Gasteiger partial charge in [0.25, 0.3) is 0 Å². The summed E-state index contributed by atoms with van der Waals surface area (Å²) in [5.41, 5.74) is 1.16. The molecule has 0 bridgehead atoms. The molecule has 0 aliphatic carbocycles. The van der Waals surface area contributed by atoms with E-state index in [1.807, 2.05) is 0 Å². The minimum Gasteiger partial charge on any atom is -0.494 e. The summed E-state index contributed by atoms with van der Waals surface area (Å²) < 4.78 is 34.6. The highest BCUT2D eigenvalue weighted by Crippen LogP contribution is 2.29. The largest absolute Gasteiger partial charge is 0.494 e. The summed E-state index contributed by atoms with van der Waals surface area (Å²) >= 11 is 1.40. The zero-order chi connectivity index (χ0) is 18.5. The number of methoxy groups -OCH3 is 1. The Bertz CT molecular complexity index is 927. The van der Waals surface area contributed by atoms with Gasteiger partial charge in [0.15, 0.2) is 22.5 Å². The number of nitrogens with zero attached hydrogens (tertiary/aromatic N) is 3. The number of benzene rings is 2. The van der Waals surface area contributed by atoms with Crippen molar-refractivity contribution in [2.45, 2.75) is 17.5 Å². The molecule has 2 aromatic carbocycles. The maximum atomic E-state index is 14.1. The molecule has 3 rings (SSSR count). The number of halogens is 2. The fourth-order valence-electron chi connectivity index (χ4n) is 2.48. The fourth-order valence-corrected chi connectivity index (χ4v) is 3.37. The molecule has 134 valence electrons. The second-order valence-corrected chi connectivity index (χ2v) is 6.39. The van der Waals surface area contributed by atoms with Crippen molar-refractivity contribution in [1.29, 1.82) is 0 Å². The van der Waals surface area contributed by atoms with Crippen LogP contribution in [0.15, 0.2) is 60.3 Å². The maximum absolute atomic E-state index is 14.1. The second-order valence-electron chi connectivity index (χ2n) is 5.44. The third kappa shape index (κ3) is 3.77. The molecule has 1 aromatic heterocycles. The molecule has 0 saturated heterocycles. The first-order valence-electron chi connectivity index (χ1n) is 7.88. The Balaban J connectivity index is 1.85. The Hall–Kier alpha value is -2.67. The molecule has 0 saturated carbocycles. The lowest BCUT2D eigenvalue weighted by Crippen LogP contribution is -2.02. The monoisotopic (exact) mass is 373 g/mol. The molecule has 0 spiro atoms. The van der Waals surface area contributed by atoms with E-state index in [1.54, 1.807) is 41.0 Å². The summed E-state index contributed by atoms with van der Waals surface area (Å²) in [6.45, 7) is 4.18. The summed E-state index contributed by atoms with van der Waals surface area (Å²) in [4.78, 5) is 0. The quantitative estimate of drug-likeness (QED) is 0.444. The number of hydrogen-bond donors (Lipinski definition) is 0. The minimum atomic E-state index is -0.412. The van der Waals surface area contributed by atoms with Crippen LogP contribution in [0.5, 0.6) is 5.75 Å². The molecule has 0 aliphatic heterocycles. The van der Waals surface area contributed by atoms with Gasteiger partial charge in [0, 0.05) is 12.3 Å². The highest BCUT2D eigenvalue weighted by molar-refractivity contribution is 7.98. The van der Waals surface area contributed by atoms with Gasteiger partial charge in [-0.1, -0.05) is 36.0 Å². The Labute approximate surface area is 154 Å². The summed E-state index contributed by atoms with van der Waals surface area (Å²) in [6, 6.07) is 11.2. The van der Waals surface area contributed by atoms with Crippen molar-refractivity contribution in [1.82, 2.24) is 14.8 Å². The third-order valence-electron chi connectivity index (χ3n) is 3.73. The lowest BCUT2D eigenvalue weighted by molar-refractivity contribution is 0.386. The molecule has 7 heteroatoms. The van der Waals surface area contributed by atoms with Crippen LogP contribution in [0, 0.1) is 11.6 Å². The smallest absolute Gasteiger partial charge is 0.192 e. The predicted molar refractivity (Wildman–Crippen MR) is 98.1 cm³/mol. The van der Waals surface area contributed by atoms with Crippen molar-refractivity contribution in [2.24, 2.45) is 0 Å². The first-order chi connectivity index (χ1) is 12.6. The summed E-state index contributed by atoms with van der Waals surface area (Å²) in [5, 5.41) is 8.91. The molecule has 1 heterocycles. The van der Waals surface area contributed by atoms with Crippen LogP contribution in [0.2, 0.25) is 0 Å². The van der Waals surface area contributed by atoms with E-state index in [0.29, 0.717) is 28.8 Å². The standard InChI is InChI=1S/C19H17F2N3OS/c1-3-10-24-18(14-6-4-5-7-15(14)20)22-23-19(24)26-12-13-8-9-17(25-2)16(21)11-13/h3-9,11H,1,10,12H2,2H3. The van der Waals surface area contributed by atoms with Crippen molar-refractivity contribution < 1.29 is 13.5 Å². The summed E-state index contributed by atoms with van der Waals surface area (Å²) in [6.07, 6.45) is 1.70. The van der Waals surface area contributed by atoms with Gasteiger partial charge < -0.3 is 4.74 Å². The molecule has 3 aromatic rings. The van der Waals surface area contributed by atoms with Crippen LogP contribution in [0.1, 0.15) is 5.56 Å². The molecule has 0 amide bonds. The fraction of sp³-hybridized carbons (Fsp3) is 0.158. The van der Waals surface area contributed by atoms with Gasteiger partial charge in [0.1, 0.15) is 5.82 Å². The molecule has 0 radical (unpaired) electrons. The van der Waals surface area contributed by atoms with E-state index in [9.17, 15) is 8.78 Å². The van der Waals surface area contributed by atoms with Crippen molar-refractivity contribution in [3.63, 3.8) is 0 Å². The number of allylic oxidation sites excluding steroid dienone is 1. The first-order valence-corrected chi connectivity index (χ1v) is 8.86. The van der Waals surface area contributed by atoms with Crippen LogP contribution in [-0.4, -0.2) is 21.9 Å². The molecule has 0 atom stereocenters. The number of aromatic nitrogens is 3. The van der Waals surface area contributed by atoms with E-state index in [-0.39, 0.29) is 11.6 Å². The SMILES string of the molecule is C=CCn1c(SCc2ccc(OC)c(F)c2)nnc1-c1ccccc1F. The lowest BCUT2D eigenvalue weighted by Gasteiger charge is -2.09. The van der Waals surface area contributed by atoms with E-state index in [4.69, 9.17) is 4.74 Å². The Kier molecular flexibility index (Phi) is 5.68. The van der Waals surface area contributed by atoms with Crippen LogP contribution in [0.4, 0.5) is 8.78 Å². The Morgan fingerprint density at radius 3 is 2.65 bits per heavy atom. The molecule has 0 fully saturated rings. The van der Waals surface area contributed by atoms with Crippen LogP contribution in [-0.2, 0) is 12.3 Å². The zero-order valence-electron chi connectivity index (χ0n) is 14.2. The van der Waals surface area contributed by atoms with Gasteiger partial charge in [0.2, 0.25) is 0 Å². The predicted octanol–water partition coefficient (Wildman–Crippen LogP) is 4.71. The lowest BCUT2D eigenvalue weighted by atomic mass is 10.2. The molecular formula is C19H17F2N3OS. The highest BCUT2D eigenvalue weighted by Gasteiger charge is 2.16. The number of ether oxygens (including phenoxy) is 1.